The lowest BCUT2D eigenvalue weighted by Crippen LogP contribution is -2.40. The van der Waals surface area contributed by atoms with Crippen LogP contribution in [0.4, 0.5) is 11.4 Å². The highest BCUT2D eigenvalue weighted by atomic mass is 35.5. The second kappa shape index (κ2) is 10.9. The van der Waals surface area contributed by atoms with Crippen LogP contribution in [-0.4, -0.2) is 51.3 Å². The summed E-state index contributed by atoms with van der Waals surface area (Å²) in [5, 5.41) is 12.1. The SMILES string of the molecule is Cc1cccc(-n2nc(CC(=O)Nc3ccc(N4CC5CCCNC5C4)c(Cl)c3)cc2-c2ccc3ncsc3c2)n1. The van der Waals surface area contributed by atoms with Crippen molar-refractivity contribution in [1.82, 2.24) is 25.1 Å². The van der Waals surface area contributed by atoms with Crippen molar-refractivity contribution in [3.8, 4) is 17.1 Å². The van der Waals surface area contributed by atoms with E-state index in [-0.39, 0.29) is 12.3 Å². The van der Waals surface area contributed by atoms with Crippen molar-refractivity contribution < 1.29 is 4.79 Å². The maximum Gasteiger partial charge on any atom is 0.230 e. The largest absolute Gasteiger partial charge is 0.368 e. The summed E-state index contributed by atoms with van der Waals surface area (Å²) in [7, 11) is 0. The van der Waals surface area contributed by atoms with E-state index in [1.54, 1.807) is 11.3 Å². The van der Waals surface area contributed by atoms with Gasteiger partial charge in [0, 0.05) is 36.1 Å². The molecule has 0 spiro atoms. The molecule has 8 nitrogen and oxygen atoms in total. The fraction of sp³-hybridized carbons (Fsp3) is 0.290. The van der Waals surface area contributed by atoms with E-state index in [0.717, 1.165) is 52.5 Å². The van der Waals surface area contributed by atoms with Gasteiger partial charge in [-0.15, -0.1) is 11.3 Å². The third kappa shape index (κ3) is 5.32. The van der Waals surface area contributed by atoms with Crippen LogP contribution in [0.15, 0.2) is 66.2 Å². The van der Waals surface area contributed by atoms with Crippen molar-refractivity contribution in [2.75, 3.05) is 29.9 Å². The van der Waals surface area contributed by atoms with Crippen molar-refractivity contribution in [2.24, 2.45) is 5.92 Å². The number of benzene rings is 2. The number of nitrogens with one attached hydrogen (secondary N) is 2. The number of aromatic nitrogens is 4. The zero-order valence-electron chi connectivity index (χ0n) is 22.7. The van der Waals surface area contributed by atoms with Crippen LogP contribution in [0, 0.1) is 12.8 Å². The van der Waals surface area contributed by atoms with E-state index < -0.39 is 0 Å². The zero-order chi connectivity index (χ0) is 27.9. The number of anilines is 2. The molecule has 2 atom stereocenters. The second-order valence-electron chi connectivity index (χ2n) is 10.9. The average molecular weight is 584 g/mol. The van der Waals surface area contributed by atoms with E-state index in [0.29, 0.717) is 34.2 Å². The molecule has 7 rings (SSSR count). The van der Waals surface area contributed by atoms with Crippen molar-refractivity contribution in [2.45, 2.75) is 32.2 Å². The Hall–Kier alpha value is -3.79. The van der Waals surface area contributed by atoms with Crippen LogP contribution in [0.25, 0.3) is 27.3 Å². The van der Waals surface area contributed by atoms with Crippen LogP contribution in [0.3, 0.4) is 0 Å². The fourth-order valence-electron chi connectivity index (χ4n) is 6.01. The Labute approximate surface area is 247 Å². The first-order valence-corrected chi connectivity index (χ1v) is 15.2. The number of carbonyl (C=O) groups is 1. The van der Waals surface area contributed by atoms with Crippen LogP contribution in [0.2, 0.25) is 5.02 Å². The Bertz CT molecular complexity index is 1730. The predicted molar refractivity (Wildman–Crippen MR) is 165 cm³/mol. The number of carbonyl (C=O) groups excluding carboxylic acids is 1. The second-order valence-corrected chi connectivity index (χ2v) is 12.2. The summed E-state index contributed by atoms with van der Waals surface area (Å²) < 4.78 is 2.91. The van der Waals surface area contributed by atoms with Gasteiger partial charge >= 0.3 is 0 Å². The number of thiazole rings is 1. The number of hydrogen-bond donors (Lipinski definition) is 2. The van der Waals surface area contributed by atoms with Gasteiger partial charge in [-0.05, 0) is 80.8 Å². The molecule has 5 aromatic rings. The molecule has 5 heterocycles. The first kappa shape index (κ1) is 26.1. The molecule has 0 bridgehead atoms. The maximum atomic E-state index is 13.1. The lowest BCUT2D eigenvalue weighted by atomic mass is 9.94. The number of rotatable bonds is 6. The number of halogens is 1. The molecule has 3 aromatic heterocycles. The number of amides is 1. The van der Waals surface area contributed by atoms with E-state index in [1.165, 1.54) is 12.8 Å². The third-order valence-corrected chi connectivity index (χ3v) is 9.09. The summed E-state index contributed by atoms with van der Waals surface area (Å²) in [5.41, 5.74) is 7.91. The number of aryl methyl sites for hydroxylation is 1. The molecule has 1 amide bonds. The normalized spacial score (nSPS) is 18.5. The molecule has 41 heavy (non-hydrogen) atoms. The molecular formula is C31H30ClN7OS. The van der Waals surface area contributed by atoms with Crippen LogP contribution in [0.5, 0.6) is 0 Å². The number of nitrogens with zero attached hydrogens (tertiary/aromatic N) is 5. The Balaban J connectivity index is 1.11. The number of piperidine rings is 1. The highest BCUT2D eigenvalue weighted by Gasteiger charge is 2.34. The van der Waals surface area contributed by atoms with E-state index in [2.05, 4.69) is 31.6 Å². The monoisotopic (exact) mass is 583 g/mol. The summed E-state index contributed by atoms with van der Waals surface area (Å²) in [6.07, 6.45) is 2.61. The highest BCUT2D eigenvalue weighted by molar-refractivity contribution is 7.16. The average Bonchev–Trinajstić information content (AvgIpc) is 3.70. The smallest absolute Gasteiger partial charge is 0.230 e. The lowest BCUT2D eigenvalue weighted by molar-refractivity contribution is -0.115. The summed E-state index contributed by atoms with van der Waals surface area (Å²) >= 11 is 8.31. The Kier molecular flexibility index (Phi) is 6.94. The molecule has 2 N–H and O–H groups in total. The number of pyridine rings is 1. The Morgan fingerprint density at radius 2 is 2.07 bits per heavy atom. The van der Waals surface area contributed by atoms with Crippen LogP contribution >= 0.6 is 22.9 Å². The van der Waals surface area contributed by atoms with Gasteiger partial charge in [0.2, 0.25) is 5.91 Å². The molecule has 208 valence electrons. The number of hydrogen-bond acceptors (Lipinski definition) is 7. The van der Waals surface area contributed by atoms with Crippen molar-refractivity contribution >= 4 is 50.4 Å². The first-order chi connectivity index (χ1) is 20.0. The van der Waals surface area contributed by atoms with Crippen molar-refractivity contribution in [3.05, 3.63) is 82.6 Å². The third-order valence-electron chi connectivity index (χ3n) is 7.99. The zero-order valence-corrected chi connectivity index (χ0v) is 24.3. The van der Waals surface area contributed by atoms with Gasteiger partial charge in [-0.3, -0.25) is 4.79 Å². The molecule has 2 aliphatic rings. The summed E-state index contributed by atoms with van der Waals surface area (Å²) in [6.45, 7) is 5.03. The van der Waals surface area contributed by atoms with Gasteiger partial charge in [-0.25, -0.2) is 14.6 Å². The molecular weight excluding hydrogens is 554 g/mol. The highest BCUT2D eigenvalue weighted by Crippen LogP contribution is 2.35. The summed E-state index contributed by atoms with van der Waals surface area (Å²) in [4.78, 5) is 24.6. The number of fused-ring (bicyclic) bond motifs is 2. The minimum Gasteiger partial charge on any atom is -0.368 e. The maximum absolute atomic E-state index is 13.1. The van der Waals surface area contributed by atoms with E-state index >= 15 is 0 Å². The molecule has 0 aliphatic carbocycles. The van der Waals surface area contributed by atoms with Gasteiger partial charge in [-0.1, -0.05) is 23.7 Å². The van der Waals surface area contributed by atoms with E-state index in [4.69, 9.17) is 16.7 Å². The summed E-state index contributed by atoms with van der Waals surface area (Å²) in [6, 6.07) is 20.3. The Morgan fingerprint density at radius 3 is 2.93 bits per heavy atom. The van der Waals surface area contributed by atoms with Crippen molar-refractivity contribution in [1.29, 1.82) is 0 Å². The molecule has 2 aliphatic heterocycles. The van der Waals surface area contributed by atoms with Gasteiger partial charge in [0.1, 0.15) is 0 Å². The van der Waals surface area contributed by atoms with Crippen LogP contribution in [0.1, 0.15) is 24.2 Å². The van der Waals surface area contributed by atoms with Gasteiger partial charge < -0.3 is 15.5 Å². The van der Waals surface area contributed by atoms with Crippen molar-refractivity contribution in [3.63, 3.8) is 0 Å². The minimum absolute atomic E-state index is 0.120. The lowest BCUT2D eigenvalue weighted by Gasteiger charge is -2.24. The van der Waals surface area contributed by atoms with Gasteiger partial charge in [0.25, 0.3) is 0 Å². The molecule has 2 unspecified atom stereocenters. The predicted octanol–water partition coefficient (Wildman–Crippen LogP) is 5.88. The molecule has 10 heteroatoms. The van der Waals surface area contributed by atoms with E-state index in [1.807, 2.05) is 71.7 Å². The molecule has 0 radical (unpaired) electrons. The first-order valence-electron chi connectivity index (χ1n) is 13.9. The Morgan fingerprint density at radius 1 is 1.15 bits per heavy atom. The van der Waals surface area contributed by atoms with Gasteiger partial charge in [0.05, 0.1) is 44.2 Å². The van der Waals surface area contributed by atoms with Crippen LogP contribution in [-0.2, 0) is 11.2 Å². The van der Waals surface area contributed by atoms with Crippen LogP contribution < -0.4 is 15.5 Å². The summed E-state index contributed by atoms with van der Waals surface area (Å²) in [5.74, 6) is 1.22. The molecule has 2 saturated heterocycles. The molecule has 2 aromatic carbocycles. The molecule has 0 saturated carbocycles. The standard InChI is InChI=1S/C31H30ClN7OS/c1-19-4-2-6-30(35-19)39-28(20-7-9-25-29(12-20)41-18-34-25)14-23(37-39)15-31(40)36-22-8-10-27(24(32)13-22)38-16-21-5-3-11-33-26(21)17-38/h2,4,6-10,12-14,18,21,26,33H,3,5,11,15-17H2,1H3,(H,36,40). The molecule has 2 fully saturated rings. The van der Waals surface area contributed by atoms with Gasteiger partial charge in [-0.2, -0.15) is 5.10 Å². The topological polar surface area (TPSA) is 88.0 Å². The quantitative estimate of drug-likeness (QED) is 0.260. The fourth-order valence-corrected chi connectivity index (χ4v) is 7.03. The van der Waals surface area contributed by atoms with Gasteiger partial charge in [0.15, 0.2) is 5.82 Å². The van der Waals surface area contributed by atoms with E-state index in [9.17, 15) is 4.79 Å². The minimum atomic E-state index is -0.156.